The summed E-state index contributed by atoms with van der Waals surface area (Å²) in [4.78, 5) is 16.8. The molecule has 0 fully saturated rings. The Labute approximate surface area is 190 Å². The van der Waals surface area contributed by atoms with Gasteiger partial charge in [-0.1, -0.05) is 48.2 Å². The predicted octanol–water partition coefficient (Wildman–Crippen LogP) is 4.58. The lowest BCUT2D eigenvalue weighted by Crippen LogP contribution is -2.14. The average molecular weight is 443 g/mol. The number of amides is 1. The second-order valence-electron chi connectivity index (χ2n) is 7.21. The highest BCUT2D eigenvalue weighted by Crippen LogP contribution is 2.22. The highest BCUT2D eigenvalue weighted by Gasteiger charge is 2.13. The Morgan fingerprint density at radius 3 is 2.81 bits per heavy atom. The molecule has 8 heteroatoms. The second kappa shape index (κ2) is 10.0. The van der Waals surface area contributed by atoms with Crippen LogP contribution in [0, 0.1) is 13.8 Å². The number of aromatic nitrogens is 5. The Morgan fingerprint density at radius 1 is 1.06 bits per heavy atom. The van der Waals surface area contributed by atoms with Gasteiger partial charge in [0.05, 0.1) is 17.1 Å². The molecular weight excluding hydrogens is 420 g/mol. The molecule has 0 atom stereocenters. The molecule has 2 heterocycles. The van der Waals surface area contributed by atoms with E-state index < -0.39 is 0 Å². The van der Waals surface area contributed by atoms with E-state index >= 15 is 0 Å². The third-order valence-electron chi connectivity index (χ3n) is 4.67. The number of anilines is 1. The summed E-state index contributed by atoms with van der Waals surface area (Å²) in [5.74, 6) is 0.0653. The van der Waals surface area contributed by atoms with Gasteiger partial charge in [0, 0.05) is 11.9 Å². The summed E-state index contributed by atoms with van der Waals surface area (Å²) in [5, 5.41) is 15.5. The molecule has 1 amide bonds. The number of carbonyl (C=O) groups excluding carboxylic acids is 1. The summed E-state index contributed by atoms with van der Waals surface area (Å²) >= 11 is 1.29. The molecule has 0 radical (unpaired) electrons. The number of tetrazole rings is 1. The second-order valence-corrected chi connectivity index (χ2v) is 8.16. The van der Waals surface area contributed by atoms with Crippen LogP contribution in [0.4, 0.5) is 5.69 Å². The van der Waals surface area contributed by atoms with Crippen molar-refractivity contribution in [2.24, 2.45) is 0 Å². The van der Waals surface area contributed by atoms with Gasteiger partial charge in [0.25, 0.3) is 0 Å². The molecule has 0 aliphatic carbocycles. The normalized spacial score (nSPS) is 11.1. The first-order valence-electron chi connectivity index (χ1n) is 10.1. The molecular formula is C24H22N6OS. The van der Waals surface area contributed by atoms with Crippen molar-refractivity contribution in [3.8, 4) is 5.69 Å². The number of rotatable bonds is 7. The third kappa shape index (κ3) is 5.47. The summed E-state index contributed by atoms with van der Waals surface area (Å²) in [5.41, 5.74) is 5.66. The molecule has 0 aliphatic rings. The van der Waals surface area contributed by atoms with Crippen LogP contribution in [-0.4, -0.2) is 36.9 Å². The molecule has 32 heavy (non-hydrogen) atoms. The number of benzene rings is 2. The molecule has 2 aromatic carbocycles. The van der Waals surface area contributed by atoms with E-state index in [1.54, 1.807) is 10.9 Å². The van der Waals surface area contributed by atoms with Crippen LogP contribution in [0.2, 0.25) is 0 Å². The highest BCUT2D eigenvalue weighted by atomic mass is 32.2. The van der Waals surface area contributed by atoms with Gasteiger partial charge in [0.2, 0.25) is 11.1 Å². The van der Waals surface area contributed by atoms with Crippen molar-refractivity contribution in [3.63, 3.8) is 0 Å². The summed E-state index contributed by atoms with van der Waals surface area (Å²) in [7, 11) is 0. The van der Waals surface area contributed by atoms with Crippen LogP contribution in [0.5, 0.6) is 0 Å². The smallest absolute Gasteiger partial charge is 0.234 e. The molecule has 0 aliphatic heterocycles. The number of carbonyl (C=O) groups is 1. The standard InChI is InChI=1S/C24H22N6OS/c1-17-9-10-18(2)22(14-17)30-24(27-28-29-30)32-16-23(31)26-21-8-5-6-19(15-21)11-12-20-7-3-4-13-25-20/h3-15H,16H2,1-2H3,(H,26,31)/b12-11+. The van der Waals surface area contributed by atoms with Gasteiger partial charge in [-0.2, -0.15) is 4.68 Å². The molecule has 160 valence electrons. The zero-order chi connectivity index (χ0) is 22.3. The van der Waals surface area contributed by atoms with Gasteiger partial charge in [-0.05, 0) is 77.4 Å². The van der Waals surface area contributed by atoms with Gasteiger partial charge >= 0.3 is 0 Å². The highest BCUT2D eigenvalue weighted by molar-refractivity contribution is 7.99. The van der Waals surface area contributed by atoms with Crippen molar-refractivity contribution in [2.45, 2.75) is 19.0 Å². The Hall–Kier alpha value is -3.78. The van der Waals surface area contributed by atoms with Crippen LogP contribution in [-0.2, 0) is 4.79 Å². The molecule has 1 N–H and O–H groups in total. The monoisotopic (exact) mass is 442 g/mol. The van der Waals surface area contributed by atoms with Crippen molar-refractivity contribution < 1.29 is 4.79 Å². The minimum absolute atomic E-state index is 0.128. The Balaban J connectivity index is 1.39. The maximum absolute atomic E-state index is 12.5. The molecule has 0 saturated heterocycles. The van der Waals surface area contributed by atoms with Crippen molar-refractivity contribution in [3.05, 3.63) is 89.2 Å². The van der Waals surface area contributed by atoms with Crippen molar-refractivity contribution in [1.82, 2.24) is 25.2 Å². The van der Waals surface area contributed by atoms with Crippen molar-refractivity contribution >= 4 is 35.5 Å². The van der Waals surface area contributed by atoms with E-state index in [0.29, 0.717) is 5.16 Å². The van der Waals surface area contributed by atoms with E-state index in [4.69, 9.17) is 0 Å². The van der Waals surface area contributed by atoms with Crippen LogP contribution in [0.1, 0.15) is 22.4 Å². The third-order valence-corrected chi connectivity index (χ3v) is 5.59. The van der Waals surface area contributed by atoms with E-state index in [9.17, 15) is 4.79 Å². The van der Waals surface area contributed by atoms with Gasteiger partial charge in [-0.25, -0.2) is 0 Å². The molecule has 4 rings (SSSR count). The molecule has 0 bridgehead atoms. The first-order valence-corrected chi connectivity index (χ1v) is 11.0. The van der Waals surface area contributed by atoms with E-state index in [1.807, 2.05) is 86.7 Å². The summed E-state index contributed by atoms with van der Waals surface area (Å²) in [6.07, 6.45) is 5.65. The molecule has 0 saturated carbocycles. The number of hydrogen-bond donors (Lipinski definition) is 1. The first-order chi connectivity index (χ1) is 15.6. The van der Waals surface area contributed by atoms with Crippen LogP contribution in [0.25, 0.3) is 17.8 Å². The van der Waals surface area contributed by atoms with Gasteiger partial charge in [-0.15, -0.1) is 5.10 Å². The average Bonchev–Trinajstić information content (AvgIpc) is 3.27. The molecule has 2 aromatic heterocycles. The van der Waals surface area contributed by atoms with Crippen LogP contribution < -0.4 is 5.32 Å². The summed E-state index contributed by atoms with van der Waals surface area (Å²) < 4.78 is 1.67. The Kier molecular flexibility index (Phi) is 6.72. The van der Waals surface area contributed by atoms with Gasteiger partial charge in [0.15, 0.2) is 0 Å². The fourth-order valence-corrected chi connectivity index (χ4v) is 3.75. The van der Waals surface area contributed by atoms with Crippen LogP contribution >= 0.6 is 11.8 Å². The predicted molar refractivity (Wildman–Crippen MR) is 128 cm³/mol. The van der Waals surface area contributed by atoms with Crippen LogP contribution in [0.3, 0.4) is 0 Å². The largest absolute Gasteiger partial charge is 0.325 e. The van der Waals surface area contributed by atoms with E-state index in [0.717, 1.165) is 33.8 Å². The number of nitrogens with zero attached hydrogens (tertiary/aromatic N) is 5. The minimum atomic E-state index is -0.128. The van der Waals surface area contributed by atoms with Crippen molar-refractivity contribution in [1.29, 1.82) is 0 Å². The molecule has 7 nitrogen and oxygen atoms in total. The lowest BCUT2D eigenvalue weighted by molar-refractivity contribution is -0.113. The Morgan fingerprint density at radius 2 is 1.97 bits per heavy atom. The van der Waals surface area contributed by atoms with Crippen molar-refractivity contribution in [2.75, 3.05) is 11.1 Å². The van der Waals surface area contributed by atoms with Gasteiger partial charge in [0.1, 0.15) is 0 Å². The number of hydrogen-bond acceptors (Lipinski definition) is 6. The van der Waals surface area contributed by atoms with E-state index in [2.05, 4.69) is 25.8 Å². The Bertz CT molecular complexity index is 1250. The number of thioether (sulfide) groups is 1. The zero-order valence-corrected chi connectivity index (χ0v) is 18.6. The lowest BCUT2D eigenvalue weighted by atomic mass is 10.1. The van der Waals surface area contributed by atoms with E-state index in [1.165, 1.54) is 11.8 Å². The number of nitrogens with one attached hydrogen (secondary N) is 1. The SMILES string of the molecule is Cc1ccc(C)c(-n2nnnc2SCC(=O)Nc2cccc(/C=C/c3ccccn3)c2)c1. The quantitative estimate of drug-likeness (QED) is 0.422. The minimum Gasteiger partial charge on any atom is -0.325 e. The summed E-state index contributed by atoms with van der Waals surface area (Å²) in [6.45, 7) is 4.03. The number of aryl methyl sites for hydroxylation is 2. The maximum Gasteiger partial charge on any atom is 0.234 e. The summed E-state index contributed by atoms with van der Waals surface area (Å²) in [6, 6.07) is 19.5. The van der Waals surface area contributed by atoms with E-state index in [-0.39, 0.29) is 11.7 Å². The fraction of sp³-hybridized carbons (Fsp3) is 0.125. The maximum atomic E-state index is 12.5. The molecule has 0 spiro atoms. The topological polar surface area (TPSA) is 85.6 Å². The molecule has 0 unspecified atom stereocenters. The lowest BCUT2D eigenvalue weighted by Gasteiger charge is -2.09. The van der Waals surface area contributed by atoms with Gasteiger partial charge in [-0.3, -0.25) is 9.78 Å². The fourth-order valence-electron chi connectivity index (χ4n) is 3.07. The number of pyridine rings is 1. The van der Waals surface area contributed by atoms with Gasteiger partial charge < -0.3 is 5.32 Å². The molecule has 4 aromatic rings. The first kappa shape index (κ1) is 21.5. The van der Waals surface area contributed by atoms with Crippen LogP contribution in [0.15, 0.2) is 72.0 Å². The zero-order valence-electron chi connectivity index (χ0n) is 17.8.